The minimum atomic E-state index is -3.48. The number of sulfonamides is 1. The Bertz CT molecular complexity index is 674. The highest BCUT2D eigenvalue weighted by atomic mass is 127. The molecular weight excluding hydrogens is 467 g/mol. The third-order valence-corrected chi connectivity index (χ3v) is 5.64. The van der Waals surface area contributed by atoms with Crippen LogP contribution in [0.4, 0.5) is 0 Å². The molecule has 1 aliphatic heterocycles. The molecule has 1 aromatic carbocycles. The summed E-state index contributed by atoms with van der Waals surface area (Å²) in [6.07, 6.45) is 1.07. The fraction of sp³-hybridized carbons (Fsp3) is 0.588. The number of ether oxygens (including phenoxy) is 1. The van der Waals surface area contributed by atoms with Crippen LogP contribution in [0.3, 0.4) is 0 Å². The molecule has 0 saturated carbocycles. The molecule has 9 heteroatoms. The largest absolute Gasteiger partial charge is 0.381 e. The van der Waals surface area contributed by atoms with Gasteiger partial charge in [0, 0.05) is 46.3 Å². The summed E-state index contributed by atoms with van der Waals surface area (Å²) in [6.45, 7) is 5.16. The van der Waals surface area contributed by atoms with Crippen molar-refractivity contribution in [3.05, 3.63) is 29.8 Å². The monoisotopic (exact) mass is 496 g/mol. The van der Waals surface area contributed by atoms with Crippen LogP contribution in [0.1, 0.15) is 12.0 Å². The normalized spacial score (nSPS) is 17.7. The zero-order chi connectivity index (χ0) is 18.3. The van der Waals surface area contributed by atoms with E-state index in [9.17, 15) is 8.42 Å². The van der Waals surface area contributed by atoms with Crippen molar-refractivity contribution in [3.63, 3.8) is 0 Å². The number of benzene rings is 1. The molecular formula is C17H29IN4O3S. The number of halogens is 1. The van der Waals surface area contributed by atoms with Crippen molar-refractivity contribution >= 4 is 40.0 Å². The highest BCUT2D eigenvalue weighted by Crippen LogP contribution is 2.13. The molecule has 1 fully saturated rings. The highest BCUT2D eigenvalue weighted by molar-refractivity contribution is 14.0. The Morgan fingerprint density at radius 1 is 1.31 bits per heavy atom. The van der Waals surface area contributed by atoms with Crippen molar-refractivity contribution in [3.8, 4) is 0 Å². The lowest BCUT2D eigenvalue weighted by atomic mass is 10.1. The van der Waals surface area contributed by atoms with Gasteiger partial charge in [0.25, 0.3) is 0 Å². The van der Waals surface area contributed by atoms with Crippen LogP contribution in [0.5, 0.6) is 0 Å². The molecule has 0 bridgehead atoms. The summed E-state index contributed by atoms with van der Waals surface area (Å²) in [7, 11) is 0.218. The minimum Gasteiger partial charge on any atom is -0.381 e. The minimum absolute atomic E-state index is 0. The van der Waals surface area contributed by atoms with Gasteiger partial charge in [0.15, 0.2) is 5.96 Å². The Kier molecular flexibility index (Phi) is 9.83. The molecule has 2 N–H and O–H groups in total. The van der Waals surface area contributed by atoms with Crippen molar-refractivity contribution in [1.29, 1.82) is 0 Å². The summed E-state index contributed by atoms with van der Waals surface area (Å²) in [4.78, 5) is 6.57. The van der Waals surface area contributed by atoms with Crippen molar-refractivity contribution in [2.75, 3.05) is 46.9 Å². The second-order valence-electron chi connectivity index (χ2n) is 6.29. The van der Waals surface area contributed by atoms with Gasteiger partial charge < -0.3 is 15.0 Å². The van der Waals surface area contributed by atoms with E-state index >= 15 is 0 Å². The lowest BCUT2D eigenvalue weighted by molar-refractivity contribution is 0.181. The first-order valence-corrected chi connectivity index (χ1v) is 9.96. The topological polar surface area (TPSA) is 83.0 Å². The molecule has 1 atom stereocenters. The summed E-state index contributed by atoms with van der Waals surface area (Å²) in [5, 5.41) is 3.18. The number of hydrogen-bond donors (Lipinski definition) is 2. The Balaban J connectivity index is 0.00000338. The van der Waals surface area contributed by atoms with Crippen LogP contribution in [0.25, 0.3) is 0 Å². The van der Waals surface area contributed by atoms with Gasteiger partial charge in [0.05, 0.1) is 11.5 Å². The first-order chi connectivity index (χ1) is 11.9. The number of hydrogen-bond acceptors (Lipinski definition) is 4. The van der Waals surface area contributed by atoms with E-state index in [2.05, 4.69) is 15.0 Å². The van der Waals surface area contributed by atoms with Crippen LogP contribution < -0.4 is 10.0 Å². The summed E-state index contributed by atoms with van der Waals surface area (Å²) in [5.74, 6) is 1.27. The molecule has 1 aromatic rings. The van der Waals surface area contributed by atoms with Crippen LogP contribution in [0.15, 0.2) is 34.2 Å². The zero-order valence-electron chi connectivity index (χ0n) is 15.6. The maximum atomic E-state index is 12.2. The molecule has 7 nitrogen and oxygen atoms in total. The molecule has 148 valence electrons. The van der Waals surface area contributed by atoms with Crippen molar-refractivity contribution in [2.45, 2.75) is 18.2 Å². The van der Waals surface area contributed by atoms with E-state index in [1.54, 1.807) is 31.3 Å². The van der Waals surface area contributed by atoms with Gasteiger partial charge in [-0.05, 0) is 25.5 Å². The highest BCUT2D eigenvalue weighted by Gasteiger charge is 2.19. The van der Waals surface area contributed by atoms with Gasteiger partial charge in [0.1, 0.15) is 0 Å². The molecule has 2 rings (SSSR count). The number of aliphatic imine (C=N–C) groups is 1. The molecule has 0 spiro atoms. The number of rotatable bonds is 7. The number of aryl methyl sites for hydroxylation is 1. The van der Waals surface area contributed by atoms with E-state index in [1.165, 1.54) is 0 Å². The molecule has 26 heavy (non-hydrogen) atoms. The second-order valence-corrected chi connectivity index (χ2v) is 8.06. The van der Waals surface area contributed by atoms with E-state index in [0.29, 0.717) is 12.5 Å². The standard InChI is InChI=1S/C17H28N4O3S.HI/c1-14-4-6-16(7-5-14)25(22,23)20-10-9-19-17(18-2)21(3)12-15-8-11-24-13-15;/h4-7,15,20H,8-13H2,1-3H3,(H,18,19);1H. The summed E-state index contributed by atoms with van der Waals surface area (Å²) < 4.78 is 32.5. The predicted molar refractivity (Wildman–Crippen MR) is 115 cm³/mol. The summed E-state index contributed by atoms with van der Waals surface area (Å²) >= 11 is 0. The Labute approximate surface area is 173 Å². The first kappa shape index (κ1) is 23.1. The lowest BCUT2D eigenvalue weighted by Crippen LogP contribution is -2.44. The molecule has 0 aromatic heterocycles. The maximum Gasteiger partial charge on any atom is 0.240 e. The van der Waals surface area contributed by atoms with E-state index in [4.69, 9.17) is 4.74 Å². The number of nitrogens with zero attached hydrogens (tertiary/aromatic N) is 2. The lowest BCUT2D eigenvalue weighted by Gasteiger charge is -2.24. The second kappa shape index (κ2) is 11.1. The number of guanidine groups is 1. The van der Waals surface area contributed by atoms with Crippen molar-refractivity contribution < 1.29 is 13.2 Å². The first-order valence-electron chi connectivity index (χ1n) is 8.48. The molecule has 0 aliphatic carbocycles. The fourth-order valence-corrected chi connectivity index (χ4v) is 3.78. The van der Waals surface area contributed by atoms with Gasteiger partial charge in [-0.15, -0.1) is 24.0 Å². The fourth-order valence-electron chi connectivity index (χ4n) is 2.75. The van der Waals surface area contributed by atoms with Gasteiger partial charge in [-0.25, -0.2) is 13.1 Å². The molecule has 1 saturated heterocycles. The van der Waals surface area contributed by atoms with Gasteiger partial charge in [-0.3, -0.25) is 4.99 Å². The maximum absolute atomic E-state index is 12.2. The smallest absolute Gasteiger partial charge is 0.240 e. The summed E-state index contributed by atoms with van der Waals surface area (Å²) in [5.41, 5.74) is 1.03. The van der Waals surface area contributed by atoms with E-state index in [1.807, 2.05) is 18.9 Å². The van der Waals surface area contributed by atoms with Gasteiger partial charge in [-0.2, -0.15) is 0 Å². The Morgan fingerprint density at radius 3 is 2.58 bits per heavy atom. The average Bonchev–Trinajstić information content (AvgIpc) is 3.08. The van der Waals surface area contributed by atoms with Crippen LogP contribution >= 0.6 is 24.0 Å². The molecule has 1 aliphatic rings. The SMILES string of the molecule is CN=C(NCCNS(=O)(=O)c1ccc(C)cc1)N(C)CC1CCOC1.I. The van der Waals surface area contributed by atoms with Crippen LogP contribution in [-0.2, 0) is 14.8 Å². The Morgan fingerprint density at radius 2 is 2.00 bits per heavy atom. The quantitative estimate of drug-likeness (QED) is 0.259. The van der Waals surface area contributed by atoms with E-state index < -0.39 is 10.0 Å². The van der Waals surface area contributed by atoms with Crippen molar-refractivity contribution in [1.82, 2.24) is 14.9 Å². The summed E-state index contributed by atoms with van der Waals surface area (Å²) in [6, 6.07) is 6.80. The zero-order valence-corrected chi connectivity index (χ0v) is 18.7. The van der Waals surface area contributed by atoms with E-state index in [-0.39, 0.29) is 35.4 Å². The van der Waals surface area contributed by atoms with Gasteiger partial charge >= 0.3 is 0 Å². The molecule has 0 amide bonds. The van der Waals surface area contributed by atoms with Crippen LogP contribution in [0, 0.1) is 12.8 Å². The molecule has 0 radical (unpaired) electrons. The van der Waals surface area contributed by atoms with Gasteiger partial charge in [0.2, 0.25) is 10.0 Å². The third kappa shape index (κ3) is 7.01. The number of nitrogens with one attached hydrogen (secondary N) is 2. The van der Waals surface area contributed by atoms with Crippen molar-refractivity contribution in [2.24, 2.45) is 10.9 Å². The Hall–Kier alpha value is -0.910. The molecule has 1 heterocycles. The van der Waals surface area contributed by atoms with Crippen LogP contribution in [-0.4, -0.2) is 66.2 Å². The van der Waals surface area contributed by atoms with Gasteiger partial charge in [-0.1, -0.05) is 17.7 Å². The van der Waals surface area contributed by atoms with E-state index in [0.717, 1.165) is 37.7 Å². The van der Waals surface area contributed by atoms with Crippen LogP contribution in [0.2, 0.25) is 0 Å². The third-order valence-electron chi connectivity index (χ3n) is 4.16. The molecule has 1 unspecified atom stereocenters. The average molecular weight is 496 g/mol. The predicted octanol–water partition coefficient (Wildman–Crippen LogP) is 1.44.